The molecule has 198 valence electrons. The molecule has 0 aliphatic heterocycles. The third kappa shape index (κ3) is 8.98. The molecule has 2 N–H and O–H groups in total. The number of amides is 2. The number of methoxy groups -OCH3 is 2. The van der Waals surface area contributed by atoms with Gasteiger partial charge in [-0.05, 0) is 48.2 Å². The first-order chi connectivity index (χ1) is 17.1. The van der Waals surface area contributed by atoms with Crippen molar-refractivity contribution in [1.82, 2.24) is 4.90 Å². The Hall–Kier alpha value is -3.42. The first kappa shape index (κ1) is 28.8. The van der Waals surface area contributed by atoms with Gasteiger partial charge in [-0.1, -0.05) is 58.4 Å². The topological polar surface area (TPSA) is 100 Å². The quantitative estimate of drug-likeness (QED) is 0.389. The van der Waals surface area contributed by atoms with Crippen LogP contribution in [0.3, 0.4) is 0 Å². The summed E-state index contributed by atoms with van der Waals surface area (Å²) in [5, 5.41) is 0. The number of nitrogens with two attached hydrogens (primary N) is 1. The Kier molecular flexibility index (Phi) is 10.9. The highest BCUT2D eigenvalue weighted by Gasteiger charge is 2.38. The van der Waals surface area contributed by atoms with Gasteiger partial charge in [-0.2, -0.15) is 0 Å². The number of primary amides is 1. The lowest BCUT2D eigenvalue weighted by Crippen LogP contribution is -2.47. The monoisotopic (exact) mass is 500 g/mol. The SMILES string of the molecule is CCCC[C@H](OC(N)=O)C(OC(=O)N(Cc1ccc(OC)cc1)Cc1ccc(OC)cc1)C(C)(C)C. The van der Waals surface area contributed by atoms with E-state index < -0.39 is 29.8 Å². The van der Waals surface area contributed by atoms with Gasteiger partial charge in [-0.3, -0.25) is 4.90 Å². The zero-order chi connectivity index (χ0) is 26.7. The van der Waals surface area contributed by atoms with Crippen LogP contribution in [-0.2, 0) is 22.6 Å². The lowest BCUT2D eigenvalue weighted by atomic mass is 9.84. The molecule has 0 aliphatic rings. The van der Waals surface area contributed by atoms with Gasteiger partial charge in [0.2, 0.25) is 0 Å². The van der Waals surface area contributed by atoms with Crippen molar-refractivity contribution in [2.45, 2.75) is 72.3 Å². The van der Waals surface area contributed by atoms with E-state index in [1.54, 1.807) is 19.1 Å². The highest BCUT2D eigenvalue weighted by Crippen LogP contribution is 2.30. The molecule has 0 radical (unpaired) electrons. The molecule has 1 unspecified atom stereocenters. The molecule has 8 heteroatoms. The average molecular weight is 501 g/mol. The van der Waals surface area contributed by atoms with E-state index in [9.17, 15) is 9.59 Å². The van der Waals surface area contributed by atoms with Crippen molar-refractivity contribution in [2.24, 2.45) is 11.1 Å². The number of carbonyl (C=O) groups excluding carboxylic acids is 2. The van der Waals surface area contributed by atoms with E-state index in [0.29, 0.717) is 19.5 Å². The number of nitrogens with zero attached hydrogens (tertiary/aromatic N) is 1. The van der Waals surface area contributed by atoms with Gasteiger partial charge < -0.3 is 24.7 Å². The van der Waals surface area contributed by atoms with Gasteiger partial charge in [0.15, 0.2) is 0 Å². The Morgan fingerprint density at radius 3 is 1.69 bits per heavy atom. The third-order valence-electron chi connectivity index (χ3n) is 5.85. The average Bonchev–Trinajstić information content (AvgIpc) is 2.84. The Balaban J connectivity index is 2.33. The molecule has 0 aliphatic carbocycles. The van der Waals surface area contributed by atoms with Gasteiger partial charge in [-0.15, -0.1) is 0 Å². The van der Waals surface area contributed by atoms with Crippen LogP contribution in [0.1, 0.15) is 58.1 Å². The second kappa shape index (κ2) is 13.6. The molecule has 2 rings (SSSR count). The Morgan fingerprint density at radius 2 is 1.33 bits per heavy atom. The maximum atomic E-state index is 13.6. The normalized spacial score (nSPS) is 12.8. The van der Waals surface area contributed by atoms with E-state index >= 15 is 0 Å². The van der Waals surface area contributed by atoms with Crippen LogP contribution in [0.5, 0.6) is 11.5 Å². The second-order valence-electron chi connectivity index (χ2n) is 9.84. The van der Waals surface area contributed by atoms with Crippen LogP contribution >= 0.6 is 0 Å². The molecule has 0 saturated carbocycles. The maximum absolute atomic E-state index is 13.6. The second-order valence-corrected chi connectivity index (χ2v) is 9.84. The van der Waals surface area contributed by atoms with Crippen molar-refractivity contribution >= 4 is 12.2 Å². The van der Waals surface area contributed by atoms with Gasteiger partial charge in [-0.25, -0.2) is 9.59 Å². The first-order valence-electron chi connectivity index (χ1n) is 12.2. The molecule has 8 nitrogen and oxygen atoms in total. The molecule has 0 bridgehead atoms. The van der Waals surface area contributed by atoms with Crippen LogP contribution in [0, 0.1) is 5.41 Å². The summed E-state index contributed by atoms with van der Waals surface area (Å²) in [6, 6.07) is 15.1. The molecule has 0 aromatic heterocycles. The molecule has 0 heterocycles. The van der Waals surface area contributed by atoms with Crippen molar-refractivity contribution in [3.05, 3.63) is 59.7 Å². The summed E-state index contributed by atoms with van der Waals surface area (Å²) in [6.07, 6.45) is -0.445. The van der Waals surface area contributed by atoms with E-state index in [2.05, 4.69) is 0 Å². The van der Waals surface area contributed by atoms with E-state index in [1.165, 1.54) is 0 Å². The van der Waals surface area contributed by atoms with Crippen molar-refractivity contribution in [1.29, 1.82) is 0 Å². The van der Waals surface area contributed by atoms with E-state index in [1.807, 2.05) is 76.2 Å². The van der Waals surface area contributed by atoms with Gasteiger partial charge in [0.05, 0.1) is 14.2 Å². The first-order valence-corrected chi connectivity index (χ1v) is 12.2. The predicted molar refractivity (Wildman–Crippen MR) is 139 cm³/mol. The van der Waals surface area contributed by atoms with Gasteiger partial charge in [0, 0.05) is 18.5 Å². The van der Waals surface area contributed by atoms with Crippen LogP contribution in [0.4, 0.5) is 9.59 Å². The number of ether oxygens (including phenoxy) is 4. The highest BCUT2D eigenvalue weighted by atomic mass is 16.6. The van der Waals surface area contributed by atoms with Crippen molar-refractivity contribution in [3.8, 4) is 11.5 Å². The molecule has 2 aromatic carbocycles. The van der Waals surface area contributed by atoms with Crippen LogP contribution in [-0.4, -0.2) is 43.5 Å². The Morgan fingerprint density at radius 1 is 0.861 bits per heavy atom. The lowest BCUT2D eigenvalue weighted by Gasteiger charge is -2.37. The number of hydrogen-bond donors (Lipinski definition) is 1. The largest absolute Gasteiger partial charge is 0.497 e. The number of benzene rings is 2. The molecule has 2 aromatic rings. The van der Waals surface area contributed by atoms with E-state index in [4.69, 9.17) is 24.7 Å². The van der Waals surface area contributed by atoms with E-state index in [0.717, 1.165) is 35.5 Å². The summed E-state index contributed by atoms with van der Waals surface area (Å²) >= 11 is 0. The number of carbonyl (C=O) groups is 2. The molecular formula is C28H40N2O6. The Labute approximate surface area is 214 Å². The Bertz CT molecular complexity index is 904. The molecule has 36 heavy (non-hydrogen) atoms. The number of unbranched alkanes of at least 4 members (excludes halogenated alkanes) is 1. The molecule has 2 atom stereocenters. The van der Waals surface area contributed by atoms with Gasteiger partial charge in [0.25, 0.3) is 0 Å². The smallest absolute Gasteiger partial charge is 0.410 e. The van der Waals surface area contributed by atoms with Gasteiger partial charge >= 0.3 is 12.2 Å². The molecule has 0 saturated heterocycles. The van der Waals surface area contributed by atoms with Crippen molar-refractivity contribution in [2.75, 3.05) is 14.2 Å². The zero-order valence-corrected chi connectivity index (χ0v) is 22.3. The molecular weight excluding hydrogens is 460 g/mol. The third-order valence-corrected chi connectivity index (χ3v) is 5.85. The summed E-state index contributed by atoms with van der Waals surface area (Å²) in [4.78, 5) is 26.9. The maximum Gasteiger partial charge on any atom is 0.410 e. The van der Waals surface area contributed by atoms with Crippen LogP contribution < -0.4 is 15.2 Å². The van der Waals surface area contributed by atoms with Crippen molar-refractivity contribution < 1.29 is 28.5 Å². The molecule has 0 spiro atoms. The number of hydrogen-bond acceptors (Lipinski definition) is 6. The predicted octanol–water partition coefficient (Wildman–Crippen LogP) is 5.91. The summed E-state index contributed by atoms with van der Waals surface area (Å²) < 4.78 is 22.0. The summed E-state index contributed by atoms with van der Waals surface area (Å²) in [5.74, 6) is 1.47. The lowest BCUT2D eigenvalue weighted by molar-refractivity contribution is -0.0706. The fourth-order valence-electron chi connectivity index (χ4n) is 3.91. The number of rotatable bonds is 12. The fourth-order valence-corrected chi connectivity index (χ4v) is 3.91. The van der Waals surface area contributed by atoms with Crippen LogP contribution in [0.25, 0.3) is 0 Å². The molecule has 0 fully saturated rings. The summed E-state index contributed by atoms with van der Waals surface area (Å²) in [6.45, 7) is 8.54. The fraction of sp³-hybridized carbons (Fsp3) is 0.500. The van der Waals surface area contributed by atoms with E-state index in [-0.39, 0.29) is 0 Å². The molecule has 2 amide bonds. The van der Waals surface area contributed by atoms with Crippen molar-refractivity contribution in [3.63, 3.8) is 0 Å². The minimum absolute atomic E-state index is 0.321. The summed E-state index contributed by atoms with van der Waals surface area (Å²) in [5.41, 5.74) is 6.71. The zero-order valence-electron chi connectivity index (χ0n) is 22.3. The minimum atomic E-state index is -0.880. The van der Waals surface area contributed by atoms with Crippen LogP contribution in [0.2, 0.25) is 0 Å². The minimum Gasteiger partial charge on any atom is -0.497 e. The van der Waals surface area contributed by atoms with Crippen LogP contribution in [0.15, 0.2) is 48.5 Å². The highest BCUT2D eigenvalue weighted by molar-refractivity contribution is 5.68. The van der Waals surface area contributed by atoms with Gasteiger partial charge in [0.1, 0.15) is 23.7 Å². The standard InChI is InChI=1S/C28H40N2O6/c1-7-8-9-24(35-26(29)31)25(28(2,3)4)36-27(32)30(18-20-10-14-22(33-5)15-11-20)19-21-12-16-23(34-6)17-13-21/h10-17,24-25H,7-9,18-19H2,1-6H3,(H2,29,31)/t24-,25?/m0/s1. The summed E-state index contributed by atoms with van der Waals surface area (Å²) in [7, 11) is 3.22.